The monoisotopic (exact) mass is 196 g/mol. The van der Waals surface area contributed by atoms with Gasteiger partial charge in [-0.3, -0.25) is 0 Å². The van der Waals surface area contributed by atoms with Gasteiger partial charge in [0.2, 0.25) is 0 Å². The average Bonchev–Trinajstić information content (AvgIpc) is 2.30. The molecule has 1 rings (SSSR count). The van der Waals surface area contributed by atoms with E-state index in [0.29, 0.717) is 0 Å². The summed E-state index contributed by atoms with van der Waals surface area (Å²) < 4.78 is 0. The van der Waals surface area contributed by atoms with Crippen LogP contribution in [0.25, 0.3) is 0 Å². The second-order valence-electron chi connectivity index (χ2n) is 3.20. The quantitative estimate of drug-likeness (QED) is 0.588. The topological polar surface area (TPSA) is 0 Å². The smallest absolute Gasteiger partial charge is 0.00882 e. The number of allylic oxidation sites excluding steroid dienone is 11. The molecular formula is C15H16. The second-order valence-corrected chi connectivity index (χ2v) is 3.20. The maximum atomic E-state index is 3.85. The van der Waals surface area contributed by atoms with Gasteiger partial charge in [-0.2, -0.15) is 0 Å². The van der Waals surface area contributed by atoms with Crippen molar-refractivity contribution in [1.82, 2.24) is 0 Å². The number of hydrogen-bond acceptors (Lipinski definition) is 0. The highest BCUT2D eigenvalue weighted by Gasteiger charge is 2.04. The van der Waals surface area contributed by atoms with Crippen molar-refractivity contribution < 1.29 is 0 Å². The lowest BCUT2D eigenvalue weighted by Crippen LogP contribution is -1.91. The fourth-order valence-electron chi connectivity index (χ4n) is 1.54. The van der Waals surface area contributed by atoms with E-state index in [9.17, 15) is 0 Å². The first-order valence-electron chi connectivity index (χ1n) is 4.97. The van der Waals surface area contributed by atoms with E-state index >= 15 is 0 Å². The summed E-state index contributed by atoms with van der Waals surface area (Å²) in [6, 6.07) is 0. The van der Waals surface area contributed by atoms with Gasteiger partial charge in [0.25, 0.3) is 0 Å². The first-order chi connectivity index (χ1) is 7.33. The SMILES string of the molecule is C=CC=C(C=C)C(C=C)=C1C=CC=CC1. The van der Waals surface area contributed by atoms with Crippen molar-refractivity contribution in [3.8, 4) is 0 Å². The van der Waals surface area contributed by atoms with Crippen LogP contribution < -0.4 is 0 Å². The molecule has 0 unspecified atom stereocenters. The van der Waals surface area contributed by atoms with Gasteiger partial charge < -0.3 is 0 Å². The largest absolute Gasteiger partial charge is 0.0990 e. The lowest BCUT2D eigenvalue weighted by Gasteiger charge is -2.10. The number of rotatable bonds is 4. The van der Waals surface area contributed by atoms with Crippen LogP contribution in [0, 0.1) is 0 Å². The Morgan fingerprint density at radius 3 is 2.40 bits per heavy atom. The van der Waals surface area contributed by atoms with Crippen molar-refractivity contribution in [2.24, 2.45) is 0 Å². The molecule has 0 heterocycles. The zero-order valence-corrected chi connectivity index (χ0v) is 8.95. The first kappa shape index (κ1) is 11.3. The van der Waals surface area contributed by atoms with Gasteiger partial charge in [-0.15, -0.1) is 0 Å². The molecule has 0 aromatic rings. The van der Waals surface area contributed by atoms with E-state index in [2.05, 4.69) is 38.0 Å². The maximum Gasteiger partial charge on any atom is -0.00882 e. The molecule has 1 aliphatic rings. The molecule has 0 spiro atoms. The van der Waals surface area contributed by atoms with Crippen molar-refractivity contribution in [2.75, 3.05) is 0 Å². The Bertz CT molecular complexity index is 384. The Balaban J connectivity index is 3.16. The molecule has 0 atom stereocenters. The highest BCUT2D eigenvalue weighted by Crippen LogP contribution is 2.23. The third-order valence-corrected chi connectivity index (χ3v) is 2.26. The van der Waals surface area contributed by atoms with Crippen molar-refractivity contribution in [3.05, 3.63) is 85.1 Å². The van der Waals surface area contributed by atoms with Crippen LogP contribution in [-0.4, -0.2) is 0 Å². The fourth-order valence-corrected chi connectivity index (χ4v) is 1.54. The predicted octanol–water partition coefficient (Wildman–Crippen LogP) is 4.28. The highest BCUT2D eigenvalue weighted by atomic mass is 14.1. The standard InChI is InChI=1S/C15H16/c1-4-10-13(5-2)15(6-3)14-11-8-7-9-12-14/h4-11H,1-3,12H2. The van der Waals surface area contributed by atoms with E-state index in [0.717, 1.165) is 17.6 Å². The van der Waals surface area contributed by atoms with Crippen LogP contribution in [0.4, 0.5) is 0 Å². The van der Waals surface area contributed by atoms with Crippen LogP contribution in [0.1, 0.15) is 6.42 Å². The summed E-state index contributed by atoms with van der Waals surface area (Å²) in [4.78, 5) is 0. The van der Waals surface area contributed by atoms with Gasteiger partial charge in [-0.25, -0.2) is 0 Å². The van der Waals surface area contributed by atoms with Gasteiger partial charge >= 0.3 is 0 Å². The van der Waals surface area contributed by atoms with Gasteiger partial charge in [-0.05, 0) is 23.1 Å². The number of hydrogen-bond donors (Lipinski definition) is 0. The molecule has 0 saturated heterocycles. The lowest BCUT2D eigenvalue weighted by atomic mass is 9.95. The molecule has 0 amide bonds. The molecule has 0 radical (unpaired) electrons. The summed E-state index contributed by atoms with van der Waals surface area (Å²) in [5, 5.41) is 0. The molecular weight excluding hydrogens is 180 g/mol. The van der Waals surface area contributed by atoms with E-state index in [1.165, 1.54) is 5.57 Å². The van der Waals surface area contributed by atoms with E-state index < -0.39 is 0 Å². The van der Waals surface area contributed by atoms with Crippen LogP contribution in [0.2, 0.25) is 0 Å². The zero-order valence-electron chi connectivity index (χ0n) is 8.95. The van der Waals surface area contributed by atoms with Gasteiger partial charge in [0.15, 0.2) is 0 Å². The molecule has 0 aliphatic heterocycles. The van der Waals surface area contributed by atoms with Gasteiger partial charge in [0, 0.05) is 0 Å². The zero-order chi connectivity index (χ0) is 11.1. The van der Waals surface area contributed by atoms with Crippen LogP contribution in [0.3, 0.4) is 0 Å². The first-order valence-corrected chi connectivity index (χ1v) is 4.97. The van der Waals surface area contributed by atoms with Gasteiger partial charge in [0.05, 0.1) is 0 Å². The predicted molar refractivity (Wildman–Crippen MR) is 68.6 cm³/mol. The van der Waals surface area contributed by atoms with Crippen molar-refractivity contribution >= 4 is 0 Å². The van der Waals surface area contributed by atoms with Gasteiger partial charge in [0.1, 0.15) is 0 Å². The van der Waals surface area contributed by atoms with E-state index in [-0.39, 0.29) is 0 Å². The van der Waals surface area contributed by atoms with E-state index in [1.807, 2.05) is 24.3 Å². The van der Waals surface area contributed by atoms with Crippen molar-refractivity contribution in [1.29, 1.82) is 0 Å². The molecule has 0 fully saturated rings. The lowest BCUT2D eigenvalue weighted by molar-refractivity contribution is 1.23. The minimum Gasteiger partial charge on any atom is -0.0990 e. The third-order valence-electron chi connectivity index (χ3n) is 2.26. The fraction of sp³-hybridized carbons (Fsp3) is 0.0667. The molecule has 0 aromatic heterocycles. The normalized spacial score (nSPS) is 18.5. The summed E-state index contributed by atoms with van der Waals surface area (Å²) in [6.45, 7) is 11.3. The highest BCUT2D eigenvalue weighted by molar-refractivity contribution is 5.53. The van der Waals surface area contributed by atoms with Gasteiger partial charge in [-0.1, -0.05) is 68.3 Å². The maximum absolute atomic E-state index is 3.85. The summed E-state index contributed by atoms with van der Waals surface area (Å²) >= 11 is 0. The summed E-state index contributed by atoms with van der Waals surface area (Å²) in [6.07, 6.45) is 16.7. The minimum atomic E-state index is 0.945. The molecule has 0 aromatic carbocycles. The summed E-state index contributed by atoms with van der Waals surface area (Å²) in [5.41, 5.74) is 3.46. The Morgan fingerprint density at radius 2 is 1.93 bits per heavy atom. The Labute approximate surface area is 92.0 Å². The van der Waals surface area contributed by atoms with E-state index in [4.69, 9.17) is 0 Å². The molecule has 1 aliphatic carbocycles. The summed E-state index contributed by atoms with van der Waals surface area (Å²) in [5.74, 6) is 0. The second kappa shape index (κ2) is 5.82. The Hall–Kier alpha value is -1.82. The third kappa shape index (κ3) is 2.81. The Morgan fingerprint density at radius 1 is 1.13 bits per heavy atom. The molecule has 15 heavy (non-hydrogen) atoms. The Kier molecular flexibility index (Phi) is 4.36. The van der Waals surface area contributed by atoms with Crippen LogP contribution in [0.15, 0.2) is 85.1 Å². The van der Waals surface area contributed by atoms with E-state index in [1.54, 1.807) is 6.08 Å². The van der Waals surface area contributed by atoms with Crippen LogP contribution in [-0.2, 0) is 0 Å². The minimum absolute atomic E-state index is 0.945. The molecule has 0 nitrogen and oxygen atoms in total. The molecule has 0 heteroatoms. The molecule has 76 valence electrons. The van der Waals surface area contributed by atoms with Crippen LogP contribution >= 0.6 is 0 Å². The molecule has 0 saturated carbocycles. The van der Waals surface area contributed by atoms with Crippen LogP contribution in [0.5, 0.6) is 0 Å². The van der Waals surface area contributed by atoms with Crippen molar-refractivity contribution in [2.45, 2.75) is 6.42 Å². The molecule has 0 N–H and O–H groups in total. The molecule has 0 bridgehead atoms. The van der Waals surface area contributed by atoms with Crippen molar-refractivity contribution in [3.63, 3.8) is 0 Å². The summed E-state index contributed by atoms with van der Waals surface area (Å²) in [7, 11) is 0. The average molecular weight is 196 g/mol.